The van der Waals surface area contributed by atoms with Gasteiger partial charge in [-0.1, -0.05) is 0 Å². The normalized spacial score (nSPS) is 14.7. The van der Waals surface area contributed by atoms with Gasteiger partial charge in [-0.15, -0.1) is 4.83 Å². The molecule has 0 bridgehead atoms. The Hall–Kier alpha value is -0.840. The van der Waals surface area contributed by atoms with Gasteiger partial charge in [0.15, 0.2) is 6.33 Å². The fourth-order valence-electron chi connectivity index (χ4n) is 0.678. The molecule has 0 radical (unpaired) electrons. The molecule has 2 rings (SSSR count). The Labute approximate surface area is 56.4 Å². The number of nitrogens with one attached hydrogen (secondary N) is 1. The van der Waals surface area contributed by atoms with E-state index in [2.05, 4.69) is 14.9 Å². The second-order valence-corrected chi connectivity index (χ2v) is 2.45. The van der Waals surface area contributed by atoms with E-state index >= 15 is 0 Å². The summed E-state index contributed by atoms with van der Waals surface area (Å²) in [7, 11) is 0. The van der Waals surface area contributed by atoms with E-state index in [1.165, 1.54) is 6.33 Å². The standard InChI is InChI=1S/C4H5N4S/c1-4-2-9-7-8(4)6-3-5-1/h1,3H,2H2,(H,5,6,7)/q+1. The fraction of sp³-hybridized carbons (Fsp3) is 0.250. The zero-order valence-corrected chi connectivity index (χ0v) is 5.43. The van der Waals surface area contributed by atoms with Crippen molar-refractivity contribution in [2.75, 3.05) is 4.83 Å². The van der Waals surface area contributed by atoms with Gasteiger partial charge in [0.25, 0.3) is 5.69 Å². The van der Waals surface area contributed by atoms with Crippen molar-refractivity contribution in [2.45, 2.75) is 5.75 Å². The minimum atomic E-state index is 0.945. The number of hydrogen-bond donors (Lipinski definition) is 1. The lowest BCUT2D eigenvalue weighted by molar-refractivity contribution is -0.700. The summed E-state index contributed by atoms with van der Waals surface area (Å²) < 4.78 is 0. The number of rotatable bonds is 0. The van der Waals surface area contributed by atoms with Crippen molar-refractivity contribution >= 4 is 11.9 Å². The van der Waals surface area contributed by atoms with Crippen molar-refractivity contribution < 1.29 is 4.79 Å². The molecule has 0 atom stereocenters. The molecule has 5 heteroatoms. The molecule has 9 heavy (non-hydrogen) atoms. The maximum Gasteiger partial charge on any atom is 0.273 e. The van der Waals surface area contributed by atoms with Crippen molar-refractivity contribution in [1.29, 1.82) is 0 Å². The Morgan fingerprint density at radius 3 is 3.67 bits per heavy atom. The van der Waals surface area contributed by atoms with Crippen LogP contribution in [0.25, 0.3) is 0 Å². The number of hydrogen-bond acceptors (Lipinski definition) is 4. The lowest BCUT2D eigenvalue weighted by Gasteiger charge is -1.81. The molecule has 0 fully saturated rings. The molecule has 1 aromatic rings. The van der Waals surface area contributed by atoms with E-state index in [0.717, 1.165) is 11.4 Å². The third-order valence-electron chi connectivity index (χ3n) is 1.10. The van der Waals surface area contributed by atoms with Crippen LogP contribution in [0.2, 0.25) is 0 Å². The van der Waals surface area contributed by atoms with Gasteiger partial charge in [0.1, 0.15) is 11.9 Å². The Balaban J connectivity index is 2.54. The van der Waals surface area contributed by atoms with Crippen LogP contribution in [0.4, 0.5) is 0 Å². The molecule has 46 valence electrons. The second-order valence-electron chi connectivity index (χ2n) is 1.69. The molecule has 0 aliphatic carbocycles. The van der Waals surface area contributed by atoms with Crippen LogP contribution >= 0.6 is 11.9 Å². The summed E-state index contributed by atoms with van der Waals surface area (Å²) in [6.07, 6.45) is 3.32. The first-order valence-electron chi connectivity index (χ1n) is 2.56. The molecule has 0 saturated heterocycles. The molecule has 0 aromatic carbocycles. The van der Waals surface area contributed by atoms with E-state index < -0.39 is 0 Å². The highest BCUT2D eigenvalue weighted by molar-refractivity contribution is 7.99. The minimum absolute atomic E-state index is 0.945. The van der Waals surface area contributed by atoms with Crippen LogP contribution in [0, 0.1) is 0 Å². The van der Waals surface area contributed by atoms with E-state index in [9.17, 15) is 0 Å². The maximum absolute atomic E-state index is 3.93. The van der Waals surface area contributed by atoms with Gasteiger partial charge in [-0.3, -0.25) is 0 Å². The van der Waals surface area contributed by atoms with Gasteiger partial charge in [-0.25, -0.2) is 4.98 Å². The molecule has 1 N–H and O–H groups in total. The zero-order chi connectivity index (χ0) is 6.10. The highest BCUT2D eigenvalue weighted by atomic mass is 32.2. The summed E-state index contributed by atoms with van der Waals surface area (Å²) in [6.45, 7) is 0. The zero-order valence-electron chi connectivity index (χ0n) is 4.61. The Kier molecular flexibility index (Phi) is 1.02. The first-order chi connectivity index (χ1) is 4.47. The highest BCUT2D eigenvalue weighted by Gasteiger charge is 2.19. The number of fused-ring (bicyclic) bond motifs is 1. The molecular formula is C4H5N4S+. The van der Waals surface area contributed by atoms with Crippen molar-refractivity contribution in [1.82, 2.24) is 10.1 Å². The first kappa shape index (κ1) is 4.99. The van der Waals surface area contributed by atoms with Crippen molar-refractivity contribution in [3.63, 3.8) is 0 Å². The Morgan fingerprint density at radius 1 is 1.78 bits per heavy atom. The molecule has 1 aliphatic heterocycles. The van der Waals surface area contributed by atoms with Gasteiger partial charge in [-0.05, 0) is 0 Å². The topological polar surface area (TPSA) is 41.7 Å². The summed E-state index contributed by atoms with van der Waals surface area (Å²) in [5.74, 6) is 0.945. The highest BCUT2D eigenvalue weighted by Crippen LogP contribution is 2.07. The average Bonchev–Trinajstić information content (AvgIpc) is 2.33. The Morgan fingerprint density at radius 2 is 2.78 bits per heavy atom. The van der Waals surface area contributed by atoms with E-state index in [1.807, 2.05) is 0 Å². The van der Waals surface area contributed by atoms with Crippen LogP contribution in [-0.2, 0) is 5.75 Å². The van der Waals surface area contributed by atoms with Gasteiger partial charge >= 0.3 is 0 Å². The molecule has 0 saturated carbocycles. The summed E-state index contributed by atoms with van der Waals surface area (Å²) >= 11 is 1.61. The lowest BCUT2D eigenvalue weighted by atomic mass is 10.5. The molecule has 0 amide bonds. The average molecular weight is 141 g/mol. The predicted octanol–water partition coefficient (Wildman–Crippen LogP) is -0.531. The van der Waals surface area contributed by atoms with Crippen molar-refractivity contribution in [3.8, 4) is 0 Å². The van der Waals surface area contributed by atoms with Crippen LogP contribution < -0.4 is 9.62 Å². The Bertz CT molecular complexity index is 203. The second kappa shape index (κ2) is 1.84. The monoisotopic (exact) mass is 141 g/mol. The quantitative estimate of drug-likeness (QED) is 0.389. The van der Waals surface area contributed by atoms with Crippen LogP contribution in [0.3, 0.4) is 0 Å². The van der Waals surface area contributed by atoms with Gasteiger partial charge in [-0.2, -0.15) is 0 Å². The molecule has 1 aliphatic rings. The van der Waals surface area contributed by atoms with Gasteiger partial charge in [0.05, 0.1) is 0 Å². The molecule has 0 spiro atoms. The molecule has 1 aromatic heterocycles. The van der Waals surface area contributed by atoms with E-state index in [0.29, 0.717) is 0 Å². The van der Waals surface area contributed by atoms with Gasteiger partial charge in [0.2, 0.25) is 0 Å². The minimum Gasteiger partial charge on any atom is -0.232 e. The third-order valence-corrected chi connectivity index (χ3v) is 1.84. The molecule has 2 heterocycles. The van der Waals surface area contributed by atoms with Crippen LogP contribution in [0.15, 0.2) is 12.5 Å². The van der Waals surface area contributed by atoms with Gasteiger partial charge < -0.3 is 0 Å². The molecular weight excluding hydrogens is 136 g/mol. The lowest BCUT2D eigenvalue weighted by Crippen LogP contribution is -2.44. The summed E-state index contributed by atoms with van der Waals surface area (Å²) in [4.78, 5) is 8.57. The van der Waals surface area contributed by atoms with E-state index in [1.54, 1.807) is 22.9 Å². The summed E-state index contributed by atoms with van der Waals surface area (Å²) in [6, 6.07) is 0. The van der Waals surface area contributed by atoms with Crippen LogP contribution in [0.5, 0.6) is 0 Å². The van der Waals surface area contributed by atoms with Crippen molar-refractivity contribution in [2.24, 2.45) is 0 Å². The first-order valence-corrected chi connectivity index (χ1v) is 3.54. The number of aromatic nitrogens is 3. The van der Waals surface area contributed by atoms with Crippen LogP contribution in [0.1, 0.15) is 5.69 Å². The predicted molar refractivity (Wildman–Crippen MR) is 32.9 cm³/mol. The smallest absolute Gasteiger partial charge is 0.232 e. The van der Waals surface area contributed by atoms with E-state index in [-0.39, 0.29) is 0 Å². The summed E-state index contributed by atoms with van der Waals surface area (Å²) in [5, 5.41) is 3.93. The summed E-state index contributed by atoms with van der Waals surface area (Å²) in [5.41, 5.74) is 1.11. The van der Waals surface area contributed by atoms with Crippen LogP contribution in [-0.4, -0.2) is 10.1 Å². The largest absolute Gasteiger partial charge is 0.273 e. The van der Waals surface area contributed by atoms with Crippen molar-refractivity contribution in [3.05, 3.63) is 18.2 Å². The molecule has 4 nitrogen and oxygen atoms in total. The fourth-order valence-corrected chi connectivity index (χ4v) is 1.37. The van der Waals surface area contributed by atoms with Gasteiger partial charge in [0, 0.05) is 21.8 Å². The van der Waals surface area contributed by atoms with E-state index in [4.69, 9.17) is 0 Å². The SMILES string of the molecule is c1ncc2[n+](n1)NSC2. The molecule has 0 unspecified atom stereocenters. The third kappa shape index (κ3) is 0.730. The maximum atomic E-state index is 3.93. The number of nitrogens with zero attached hydrogens (tertiary/aromatic N) is 3.